The first-order chi connectivity index (χ1) is 12.6. The molecule has 4 nitrogen and oxygen atoms in total. The molecule has 0 fully saturated rings. The summed E-state index contributed by atoms with van der Waals surface area (Å²) < 4.78 is 9.04. The van der Waals surface area contributed by atoms with Crippen LogP contribution >= 0.6 is 15.9 Å². The van der Waals surface area contributed by atoms with Gasteiger partial charge in [-0.15, -0.1) is 0 Å². The minimum absolute atomic E-state index is 0. The minimum atomic E-state index is -1.86. The van der Waals surface area contributed by atoms with Crippen LogP contribution < -0.4 is 18.0 Å². The van der Waals surface area contributed by atoms with E-state index in [-0.39, 0.29) is 58.9 Å². The smallest absolute Gasteiger partial charge is 1.00 e. The molecule has 1 unspecified atom stereocenters. The van der Waals surface area contributed by atoms with Gasteiger partial charge in [0.25, 0.3) is 5.56 Å². The largest absolute Gasteiger partial charge is 2.00 e. The Kier molecular flexibility index (Phi) is 12.9. The number of aliphatic hydroxyl groups excluding tert-OH is 1. The van der Waals surface area contributed by atoms with Crippen molar-refractivity contribution in [2.24, 2.45) is 5.41 Å². The molecule has 31 heavy (non-hydrogen) atoms. The summed E-state index contributed by atoms with van der Waals surface area (Å²) in [5.74, 6) is 0. The molecule has 0 aliphatic carbocycles. The molecule has 172 valence electrons. The summed E-state index contributed by atoms with van der Waals surface area (Å²) in [6, 6.07) is 5.59. The SMILES string of the molecule is CC(O)c1cn(CC(C)(C)CO[Si](C)(C)C(C)(C)C)c(=O)c2ccc(Br)cc12.[CH3-].[Cl-].[Mg+2]. The Morgan fingerprint density at radius 1 is 1.16 bits per heavy atom. The Balaban J connectivity index is 0. The van der Waals surface area contributed by atoms with Crippen LogP contribution in [-0.2, 0) is 11.0 Å². The topological polar surface area (TPSA) is 51.5 Å². The van der Waals surface area contributed by atoms with Crippen molar-refractivity contribution in [1.29, 1.82) is 0 Å². The molecule has 1 atom stereocenters. The molecule has 1 N–H and O–H groups in total. The summed E-state index contributed by atoms with van der Waals surface area (Å²) in [6.07, 6.45) is 1.14. The molecule has 0 saturated carbocycles. The third-order valence-electron chi connectivity index (χ3n) is 5.76. The minimum Gasteiger partial charge on any atom is -1.00 e. The van der Waals surface area contributed by atoms with Crippen molar-refractivity contribution in [1.82, 2.24) is 4.57 Å². The van der Waals surface area contributed by atoms with Crippen molar-refractivity contribution in [3.63, 3.8) is 0 Å². The number of aromatic nitrogens is 1. The number of fused-ring (bicyclic) bond motifs is 1. The average molecular weight is 543 g/mol. The molecule has 0 spiro atoms. The molecule has 2 aromatic rings. The fourth-order valence-electron chi connectivity index (χ4n) is 2.94. The fourth-order valence-corrected chi connectivity index (χ4v) is 4.49. The van der Waals surface area contributed by atoms with Crippen LogP contribution in [-0.4, -0.2) is 47.7 Å². The van der Waals surface area contributed by atoms with Gasteiger partial charge in [0, 0.05) is 40.2 Å². The summed E-state index contributed by atoms with van der Waals surface area (Å²) in [7, 11) is -1.86. The predicted molar refractivity (Wildman–Crippen MR) is 136 cm³/mol. The average Bonchev–Trinajstić information content (AvgIpc) is 2.54. The number of benzene rings is 1. The summed E-state index contributed by atoms with van der Waals surface area (Å²) in [5, 5.41) is 11.8. The molecule has 0 saturated heterocycles. The number of hydrogen-bond donors (Lipinski definition) is 1. The molecular formula is C23H37BrClMgNO3Si. The second kappa shape index (κ2) is 12.0. The standard InChI is InChI=1S/C22H34BrNO3Si.CH3.ClH.Mg/c1-15(25)19-12-24(20(26)17-10-9-16(23)11-18(17)19)13-22(5,6)14-27-28(7,8)21(2,3)4;;;/h9-12,15,25H,13-14H2,1-8H3;1H3;1H;/q;-1;;+2/p-1. The molecule has 2 rings (SSSR count). The van der Waals surface area contributed by atoms with Crippen LogP contribution in [0.3, 0.4) is 0 Å². The summed E-state index contributed by atoms with van der Waals surface area (Å²) >= 11 is 3.46. The number of aliphatic hydroxyl groups is 1. The number of halogens is 2. The van der Waals surface area contributed by atoms with Crippen molar-refractivity contribution in [3.05, 3.63) is 52.2 Å². The first-order valence-corrected chi connectivity index (χ1v) is 13.5. The zero-order chi connectivity index (χ0) is 21.5. The molecule has 1 aromatic heterocycles. The monoisotopic (exact) mass is 541 g/mol. The van der Waals surface area contributed by atoms with E-state index < -0.39 is 14.4 Å². The second-order valence-corrected chi connectivity index (χ2v) is 15.8. The molecule has 0 amide bonds. The zero-order valence-electron chi connectivity index (χ0n) is 20.5. The van der Waals surface area contributed by atoms with E-state index >= 15 is 0 Å². The van der Waals surface area contributed by atoms with Gasteiger partial charge in [0.2, 0.25) is 0 Å². The predicted octanol–water partition coefficient (Wildman–Crippen LogP) is 2.94. The van der Waals surface area contributed by atoms with Crippen molar-refractivity contribution >= 4 is 58.1 Å². The van der Waals surface area contributed by atoms with Crippen molar-refractivity contribution in [2.45, 2.75) is 72.3 Å². The molecule has 1 heterocycles. The number of hydrogen-bond acceptors (Lipinski definition) is 3. The molecule has 0 bridgehead atoms. The quantitative estimate of drug-likeness (QED) is 0.451. The van der Waals surface area contributed by atoms with E-state index in [1.165, 1.54) is 0 Å². The Morgan fingerprint density at radius 3 is 2.19 bits per heavy atom. The number of rotatable bonds is 6. The molecule has 8 heteroatoms. The van der Waals surface area contributed by atoms with Gasteiger partial charge in [-0.3, -0.25) is 4.79 Å². The van der Waals surface area contributed by atoms with Crippen LogP contribution in [0.15, 0.2) is 33.7 Å². The van der Waals surface area contributed by atoms with E-state index in [2.05, 4.69) is 63.6 Å². The van der Waals surface area contributed by atoms with Crippen LogP contribution in [0, 0.1) is 12.8 Å². The van der Waals surface area contributed by atoms with Crippen molar-refractivity contribution < 1.29 is 21.9 Å². The Morgan fingerprint density at radius 2 is 1.71 bits per heavy atom. The summed E-state index contributed by atoms with van der Waals surface area (Å²) in [6.45, 7) is 18.3. The first-order valence-electron chi connectivity index (χ1n) is 9.79. The van der Waals surface area contributed by atoms with Gasteiger partial charge >= 0.3 is 23.1 Å². The van der Waals surface area contributed by atoms with Gasteiger partial charge in [-0.05, 0) is 48.6 Å². The van der Waals surface area contributed by atoms with Crippen LogP contribution in [0.25, 0.3) is 10.8 Å². The van der Waals surface area contributed by atoms with Gasteiger partial charge in [-0.2, -0.15) is 0 Å². The van der Waals surface area contributed by atoms with E-state index in [0.29, 0.717) is 18.5 Å². The summed E-state index contributed by atoms with van der Waals surface area (Å²) in [4.78, 5) is 13.1. The van der Waals surface area contributed by atoms with E-state index in [1.54, 1.807) is 17.7 Å². The van der Waals surface area contributed by atoms with Gasteiger partial charge < -0.3 is 33.9 Å². The Hall–Kier alpha value is 0.103. The van der Waals surface area contributed by atoms with Gasteiger partial charge in [0.05, 0.1) is 6.10 Å². The van der Waals surface area contributed by atoms with Gasteiger partial charge in [-0.25, -0.2) is 0 Å². The Bertz CT molecular complexity index is 923. The van der Waals surface area contributed by atoms with E-state index in [9.17, 15) is 9.90 Å². The maximum absolute atomic E-state index is 13.1. The maximum Gasteiger partial charge on any atom is 2.00 e. The van der Waals surface area contributed by atoms with Gasteiger partial charge in [0.15, 0.2) is 8.32 Å². The number of nitrogens with zero attached hydrogens (tertiary/aromatic N) is 1. The first kappa shape index (κ1) is 33.3. The van der Waals surface area contributed by atoms with Crippen molar-refractivity contribution in [2.75, 3.05) is 6.61 Å². The molecule has 0 aliphatic heterocycles. The Labute approximate surface area is 220 Å². The van der Waals surface area contributed by atoms with Gasteiger partial charge in [-0.1, -0.05) is 50.5 Å². The third-order valence-corrected chi connectivity index (χ3v) is 10.7. The molecule has 0 aliphatic rings. The van der Waals surface area contributed by atoms with Crippen LogP contribution in [0.1, 0.15) is 53.2 Å². The fraction of sp³-hybridized carbons (Fsp3) is 0.565. The van der Waals surface area contributed by atoms with Crippen molar-refractivity contribution in [3.8, 4) is 0 Å². The zero-order valence-corrected chi connectivity index (χ0v) is 25.2. The summed E-state index contributed by atoms with van der Waals surface area (Å²) in [5.41, 5.74) is 0.516. The molecular weight excluding hydrogens is 506 g/mol. The third kappa shape index (κ3) is 8.12. The van der Waals surface area contributed by atoms with Crippen LogP contribution in [0.2, 0.25) is 18.1 Å². The van der Waals surface area contributed by atoms with E-state index in [1.807, 2.05) is 18.2 Å². The number of pyridine rings is 1. The van der Waals surface area contributed by atoms with E-state index in [0.717, 1.165) is 15.4 Å². The van der Waals surface area contributed by atoms with Gasteiger partial charge in [0.1, 0.15) is 0 Å². The molecule has 1 aromatic carbocycles. The molecule has 0 radical (unpaired) electrons. The normalized spacial score (nSPS) is 13.1. The van der Waals surface area contributed by atoms with E-state index in [4.69, 9.17) is 4.43 Å². The van der Waals surface area contributed by atoms with Crippen LogP contribution in [0.5, 0.6) is 0 Å². The maximum atomic E-state index is 13.1. The van der Waals surface area contributed by atoms with Crippen LogP contribution in [0.4, 0.5) is 0 Å². The second-order valence-electron chi connectivity index (χ2n) is 10.1.